The van der Waals surface area contributed by atoms with Gasteiger partial charge in [-0.2, -0.15) is 0 Å². The minimum atomic E-state index is 0.847. The molecule has 2 nitrogen and oxygen atoms in total. The van der Waals surface area contributed by atoms with Gasteiger partial charge in [-0.05, 0) is 45.3 Å². The van der Waals surface area contributed by atoms with Gasteiger partial charge in [0.05, 0.1) is 0 Å². The molecule has 0 atom stereocenters. The van der Waals surface area contributed by atoms with Gasteiger partial charge in [0.25, 0.3) is 0 Å². The number of nitrogens with zero attached hydrogens (tertiary/aromatic N) is 1. The Kier molecular flexibility index (Phi) is 9.42. The van der Waals surface area contributed by atoms with E-state index in [1.807, 2.05) is 0 Å². The van der Waals surface area contributed by atoms with Crippen LogP contribution in [0.15, 0.2) is 0 Å². The van der Waals surface area contributed by atoms with E-state index in [9.17, 15) is 0 Å². The molecule has 0 aromatic heterocycles. The predicted octanol–water partition coefficient (Wildman–Crippen LogP) is 2.35. The highest BCUT2D eigenvalue weighted by atomic mass is 15.1. The molecule has 0 rings (SSSR count). The second kappa shape index (κ2) is 9.47. The Morgan fingerprint density at radius 1 is 1.14 bits per heavy atom. The van der Waals surface area contributed by atoms with Gasteiger partial charge in [-0.1, -0.05) is 20.8 Å². The average Bonchev–Trinajstić information content (AvgIpc) is 2.11. The van der Waals surface area contributed by atoms with E-state index in [1.165, 1.54) is 38.9 Å². The summed E-state index contributed by atoms with van der Waals surface area (Å²) in [5, 5.41) is 3.49. The third-order valence-corrected chi connectivity index (χ3v) is 2.41. The standard InChI is InChI=1S/C12H28N2/c1-5-10-14(4)11-9-13-8-6-7-12(2)3/h12-13H,5-11H2,1-4H3. The van der Waals surface area contributed by atoms with Crippen LogP contribution in [0.2, 0.25) is 0 Å². The maximum atomic E-state index is 3.49. The molecule has 0 radical (unpaired) electrons. The predicted molar refractivity (Wildman–Crippen MR) is 64.7 cm³/mol. The van der Waals surface area contributed by atoms with Crippen LogP contribution < -0.4 is 5.32 Å². The molecule has 0 saturated heterocycles. The van der Waals surface area contributed by atoms with Crippen molar-refractivity contribution in [3.8, 4) is 0 Å². The first-order valence-corrected chi connectivity index (χ1v) is 6.06. The Morgan fingerprint density at radius 2 is 1.86 bits per heavy atom. The van der Waals surface area contributed by atoms with Crippen LogP contribution in [0.25, 0.3) is 0 Å². The molecule has 86 valence electrons. The maximum Gasteiger partial charge on any atom is 0.0104 e. The van der Waals surface area contributed by atoms with E-state index in [1.54, 1.807) is 0 Å². The van der Waals surface area contributed by atoms with Gasteiger partial charge >= 0.3 is 0 Å². The lowest BCUT2D eigenvalue weighted by Crippen LogP contribution is -2.30. The van der Waals surface area contributed by atoms with Gasteiger partial charge in [0.2, 0.25) is 0 Å². The quantitative estimate of drug-likeness (QED) is 0.575. The highest BCUT2D eigenvalue weighted by molar-refractivity contribution is 4.55. The molecule has 0 aliphatic rings. The van der Waals surface area contributed by atoms with Gasteiger partial charge < -0.3 is 10.2 Å². The van der Waals surface area contributed by atoms with E-state index in [2.05, 4.69) is 38.0 Å². The summed E-state index contributed by atoms with van der Waals surface area (Å²) in [6, 6.07) is 0. The number of hydrogen-bond donors (Lipinski definition) is 1. The van der Waals surface area contributed by atoms with Crippen molar-refractivity contribution in [2.75, 3.05) is 33.2 Å². The monoisotopic (exact) mass is 200 g/mol. The zero-order valence-corrected chi connectivity index (χ0v) is 10.5. The van der Waals surface area contributed by atoms with E-state index in [0.29, 0.717) is 0 Å². The van der Waals surface area contributed by atoms with Crippen molar-refractivity contribution in [3.63, 3.8) is 0 Å². The smallest absolute Gasteiger partial charge is 0.0104 e. The molecule has 0 aliphatic heterocycles. The fourth-order valence-corrected chi connectivity index (χ4v) is 1.52. The molecular weight excluding hydrogens is 172 g/mol. The Labute approximate surface area is 90.1 Å². The van der Waals surface area contributed by atoms with Crippen molar-refractivity contribution in [3.05, 3.63) is 0 Å². The van der Waals surface area contributed by atoms with E-state index >= 15 is 0 Å². The van der Waals surface area contributed by atoms with Gasteiger partial charge in [-0.3, -0.25) is 0 Å². The van der Waals surface area contributed by atoms with Crippen LogP contribution in [-0.4, -0.2) is 38.1 Å². The summed E-state index contributed by atoms with van der Waals surface area (Å²) in [7, 11) is 2.19. The van der Waals surface area contributed by atoms with Gasteiger partial charge in [0, 0.05) is 13.1 Å². The summed E-state index contributed by atoms with van der Waals surface area (Å²) in [6.07, 6.45) is 3.91. The summed E-state index contributed by atoms with van der Waals surface area (Å²) >= 11 is 0. The molecule has 0 amide bonds. The van der Waals surface area contributed by atoms with Crippen LogP contribution >= 0.6 is 0 Å². The van der Waals surface area contributed by atoms with Crippen LogP contribution in [-0.2, 0) is 0 Å². The zero-order chi connectivity index (χ0) is 10.8. The molecule has 0 heterocycles. The lowest BCUT2D eigenvalue weighted by atomic mass is 10.1. The second-order valence-corrected chi connectivity index (χ2v) is 4.59. The highest BCUT2D eigenvalue weighted by Crippen LogP contribution is 2.01. The third-order valence-electron chi connectivity index (χ3n) is 2.41. The van der Waals surface area contributed by atoms with Crippen molar-refractivity contribution >= 4 is 0 Å². The van der Waals surface area contributed by atoms with Crippen molar-refractivity contribution in [1.82, 2.24) is 10.2 Å². The Balaban J connectivity index is 3.05. The van der Waals surface area contributed by atoms with Gasteiger partial charge in [0.15, 0.2) is 0 Å². The van der Waals surface area contributed by atoms with Gasteiger partial charge in [0.1, 0.15) is 0 Å². The van der Waals surface area contributed by atoms with Gasteiger partial charge in [-0.25, -0.2) is 0 Å². The molecule has 1 N–H and O–H groups in total. The molecular formula is C12H28N2. The molecule has 0 spiro atoms. The van der Waals surface area contributed by atoms with Crippen molar-refractivity contribution in [1.29, 1.82) is 0 Å². The van der Waals surface area contributed by atoms with E-state index in [4.69, 9.17) is 0 Å². The Morgan fingerprint density at radius 3 is 2.43 bits per heavy atom. The first kappa shape index (κ1) is 13.9. The summed E-state index contributed by atoms with van der Waals surface area (Å²) in [5.74, 6) is 0.847. The first-order chi connectivity index (χ1) is 6.66. The number of likely N-dealkylation sites (N-methyl/N-ethyl adjacent to an activating group) is 1. The van der Waals surface area contributed by atoms with Crippen LogP contribution in [0, 0.1) is 5.92 Å². The third kappa shape index (κ3) is 10.0. The molecule has 2 heteroatoms. The number of nitrogens with one attached hydrogen (secondary N) is 1. The highest BCUT2D eigenvalue weighted by Gasteiger charge is 1.96. The Hall–Kier alpha value is -0.0800. The lowest BCUT2D eigenvalue weighted by Gasteiger charge is -2.15. The molecule has 0 bridgehead atoms. The van der Waals surface area contributed by atoms with E-state index in [0.717, 1.165) is 12.5 Å². The molecule has 0 saturated carbocycles. The molecule has 0 aromatic rings. The van der Waals surface area contributed by atoms with Gasteiger partial charge in [-0.15, -0.1) is 0 Å². The SMILES string of the molecule is CCCN(C)CCNCCCC(C)C. The fourth-order valence-electron chi connectivity index (χ4n) is 1.52. The number of rotatable bonds is 9. The largest absolute Gasteiger partial charge is 0.315 e. The van der Waals surface area contributed by atoms with Crippen molar-refractivity contribution in [2.24, 2.45) is 5.92 Å². The second-order valence-electron chi connectivity index (χ2n) is 4.59. The normalized spacial score (nSPS) is 11.6. The topological polar surface area (TPSA) is 15.3 Å². The molecule has 14 heavy (non-hydrogen) atoms. The molecule has 0 aromatic carbocycles. The summed E-state index contributed by atoms with van der Waals surface area (Å²) in [4.78, 5) is 2.38. The zero-order valence-electron chi connectivity index (χ0n) is 10.5. The van der Waals surface area contributed by atoms with Crippen molar-refractivity contribution < 1.29 is 0 Å². The molecule has 0 fully saturated rings. The van der Waals surface area contributed by atoms with Crippen LogP contribution in [0.1, 0.15) is 40.0 Å². The van der Waals surface area contributed by atoms with Crippen LogP contribution in [0.4, 0.5) is 0 Å². The fraction of sp³-hybridized carbons (Fsp3) is 1.00. The van der Waals surface area contributed by atoms with Crippen molar-refractivity contribution in [2.45, 2.75) is 40.0 Å². The minimum absolute atomic E-state index is 0.847. The lowest BCUT2D eigenvalue weighted by molar-refractivity contribution is 0.331. The Bertz CT molecular complexity index is 113. The van der Waals surface area contributed by atoms with Crippen LogP contribution in [0.5, 0.6) is 0 Å². The summed E-state index contributed by atoms with van der Waals surface area (Å²) in [6.45, 7) is 11.5. The summed E-state index contributed by atoms with van der Waals surface area (Å²) < 4.78 is 0. The average molecular weight is 200 g/mol. The number of hydrogen-bond acceptors (Lipinski definition) is 2. The minimum Gasteiger partial charge on any atom is -0.315 e. The first-order valence-electron chi connectivity index (χ1n) is 6.06. The molecule has 0 aliphatic carbocycles. The van der Waals surface area contributed by atoms with E-state index in [-0.39, 0.29) is 0 Å². The van der Waals surface area contributed by atoms with E-state index < -0.39 is 0 Å². The maximum absolute atomic E-state index is 3.49. The molecule has 0 unspecified atom stereocenters. The summed E-state index contributed by atoms with van der Waals surface area (Å²) in [5.41, 5.74) is 0. The van der Waals surface area contributed by atoms with Crippen LogP contribution in [0.3, 0.4) is 0 Å².